The van der Waals surface area contributed by atoms with Crippen molar-refractivity contribution in [3.8, 4) is 0 Å². The van der Waals surface area contributed by atoms with Gasteiger partial charge in [0, 0.05) is 15.8 Å². The highest BCUT2D eigenvalue weighted by atomic mass is 79.9. The molecule has 0 saturated heterocycles. The van der Waals surface area contributed by atoms with Crippen molar-refractivity contribution in [3.05, 3.63) is 45.9 Å². The minimum atomic E-state index is 0.412. The molecule has 0 spiro atoms. The number of anilines is 3. The van der Waals surface area contributed by atoms with Gasteiger partial charge in [0.1, 0.15) is 5.52 Å². The lowest BCUT2D eigenvalue weighted by Gasteiger charge is -2.02. The van der Waals surface area contributed by atoms with Gasteiger partial charge in [-0.3, -0.25) is 0 Å². The molecular weight excluding hydrogens is 330 g/mol. The molecule has 0 amide bonds. The second kappa shape index (κ2) is 4.75. The van der Waals surface area contributed by atoms with Crippen molar-refractivity contribution in [1.29, 1.82) is 0 Å². The van der Waals surface area contributed by atoms with E-state index in [1.54, 1.807) is 24.3 Å². The van der Waals surface area contributed by atoms with E-state index >= 15 is 0 Å². The minimum absolute atomic E-state index is 0.412. The fraction of sp³-hybridized carbons (Fsp3) is 0. The maximum atomic E-state index is 5.94. The number of rotatable bonds is 2. The molecule has 6 heteroatoms. The third-order valence-electron chi connectivity index (χ3n) is 2.58. The summed E-state index contributed by atoms with van der Waals surface area (Å²) in [6.45, 7) is 0. The normalized spacial score (nSPS) is 10.8. The van der Waals surface area contributed by atoms with E-state index in [1.165, 1.54) is 0 Å². The fourth-order valence-corrected chi connectivity index (χ4v) is 2.19. The van der Waals surface area contributed by atoms with Crippen LogP contribution in [-0.2, 0) is 0 Å². The van der Waals surface area contributed by atoms with Crippen molar-refractivity contribution in [3.63, 3.8) is 0 Å². The Kier molecular flexibility index (Phi) is 3.08. The van der Waals surface area contributed by atoms with Crippen LogP contribution in [0.25, 0.3) is 11.1 Å². The Labute approximate surface area is 122 Å². The van der Waals surface area contributed by atoms with Crippen LogP contribution in [0.2, 0.25) is 5.02 Å². The van der Waals surface area contributed by atoms with Crippen LogP contribution in [0.4, 0.5) is 17.4 Å². The Bertz CT molecular complexity index is 757. The second-order valence-corrected chi connectivity index (χ2v) is 5.26. The second-order valence-electron chi connectivity index (χ2n) is 4.00. The summed E-state index contributed by atoms with van der Waals surface area (Å²) in [6.07, 6.45) is 0. The van der Waals surface area contributed by atoms with Gasteiger partial charge in [-0.05, 0) is 52.3 Å². The third kappa shape index (κ3) is 2.52. The van der Waals surface area contributed by atoms with Crippen LogP contribution in [-0.4, -0.2) is 4.98 Å². The first-order valence-corrected chi connectivity index (χ1v) is 6.67. The number of nitrogens with one attached hydrogen (secondary N) is 1. The van der Waals surface area contributed by atoms with Crippen molar-refractivity contribution in [1.82, 2.24) is 4.98 Å². The van der Waals surface area contributed by atoms with Gasteiger partial charge in [-0.2, -0.15) is 4.98 Å². The number of hydrogen-bond acceptors (Lipinski definition) is 4. The molecule has 0 fully saturated rings. The first-order chi connectivity index (χ1) is 9.11. The summed E-state index contributed by atoms with van der Waals surface area (Å²) in [5.74, 6) is 0. The number of halogens is 2. The van der Waals surface area contributed by atoms with E-state index in [4.69, 9.17) is 21.8 Å². The molecule has 0 aliphatic carbocycles. The van der Waals surface area contributed by atoms with Crippen molar-refractivity contribution in [2.24, 2.45) is 0 Å². The Morgan fingerprint density at radius 1 is 1.21 bits per heavy atom. The Morgan fingerprint density at radius 2 is 2.05 bits per heavy atom. The summed E-state index contributed by atoms with van der Waals surface area (Å²) < 4.78 is 6.38. The van der Waals surface area contributed by atoms with Gasteiger partial charge in [0.2, 0.25) is 0 Å². The van der Waals surface area contributed by atoms with E-state index in [9.17, 15) is 0 Å². The summed E-state index contributed by atoms with van der Waals surface area (Å²) >= 11 is 9.30. The molecule has 0 bridgehead atoms. The molecule has 0 aliphatic rings. The Balaban J connectivity index is 1.94. The van der Waals surface area contributed by atoms with Crippen LogP contribution in [0, 0.1) is 0 Å². The highest BCUT2D eigenvalue weighted by molar-refractivity contribution is 9.10. The highest BCUT2D eigenvalue weighted by Crippen LogP contribution is 2.28. The summed E-state index contributed by atoms with van der Waals surface area (Å²) in [4.78, 5) is 4.31. The van der Waals surface area contributed by atoms with Crippen molar-refractivity contribution < 1.29 is 4.42 Å². The predicted octanol–water partition coefficient (Wildman–Crippen LogP) is 4.57. The third-order valence-corrected chi connectivity index (χ3v) is 3.80. The lowest BCUT2D eigenvalue weighted by atomic mass is 10.3. The maximum Gasteiger partial charge on any atom is 0.300 e. The molecule has 4 nitrogen and oxygen atoms in total. The summed E-state index contributed by atoms with van der Waals surface area (Å²) in [6, 6.07) is 11.2. The first kappa shape index (κ1) is 12.3. The first-order valence-electron chi connectivity index (χ1n) is 5.50. The molecule has 3 N–H and O–H groups in total. The van der Waals surface area contributed by atoms with E-state index in [-0.39, 0.29) is 0 Å². The van der Waals surface area contributed by atoms with Gasteiger partial charge in [-0.15, -0.1) is 0 Å². The number of hydrogen-bond donors (Lipinski definition) is 2. The largest absolute Gasteiger partial charge is 0.423 e. The molecule has 0 atom stereocenters. The van der Waals surface area contributed by atoms with E-state index in [0.29, 0.717) is 22.3 Å². The van der Waals surface area contributed by atoms with Gasteiger partial charge in [-0.25, -0.2) is 0 Å². The topological polar surface area (TPSA) is 64.1 Å². The fourth-order valence-electron chi connectivity index (χ4n) is 1.70. The molecule has 3 aromatic rings. The number of nitrogen functional groups attached to an aromatic ring is 1. The van der Waals surface area contributed by atoms with E-state index in [1.807, 2.05) is 12.1 Å². The lowest BCUT2D eigenvalue weighted by molar-refractivity contribution is 0.623. The Morgan fingerprint density at radius 3 is 2.84 bits per heavy atom. The highest BCUT2D eigenvalue weighted by Gasteiger charge is 2.07. The number of aromatic nitrogens is 1. The van der Waals surface area contributed by atoms with Crippen molar-refractivity contribution >= 4 is 56.0 Å². The Hall–Kier alpha value is -1.72. The van der Waals surface area contributed by atoms with Crippen LogP contribution in [0.1, 0.15) is 0 Å². The van der Waals surface area contributed by atoms with E-state index in [2.05, 4.69) is 26.2 Å². The molecule has 0 unspecified atom stereocenters. The van der Waals surface area contributed by atoms with Gasteiger partial charge in [0.05, 0.1) is 5.02 Å². The van der Waals surface area contributed by atoms with Crippen LogP contribution >= 0.6 is 27.5 Å². The summed E-state index contributed by atoms with van der Waals surface area (Å²) in [5, 5.41) is 3.72. The average Bonchev–Trinajstić information content (AvgIpc) is 2.75. The monoisotopic (exact) mass is 337 g/mol. The number of benzene rings is 2. The van der Waals surface area contributed by atoms with Gasteiger partial charge >= 0.3 is 0 Å². The van der Waals surface area contributed by atoms with Crippen LogP contribution in [0.15, 0.2) is 45.3 Å². The van der Waals surface area contributed by atoms with E-state index < -0.39 is 0 Å². The summed E-state index contributed by atoms with van der Waals surface area (Å²) in [7, 11) is 0. The van der Waals surface area contributed by atoms with Crippen molar-refractivity contribution in [2.75, 3.05) is 11.1 Å². The average molecular weight is 339 g/mol. The summed E-state index contributed by atoms with van der Waals surface area (Å²) in [5.41, 5.74) is 8.59. The zero-order valence-corrected chi connectivity index (χ0v) is 12.0. The SMILES string of the molecule is Nc1ccc2oc(Nc3ccc(Cl)c(Br)c3)nc2c1. The van der Waals surface area contributed by atoms with Crippen LogP contribution in [0.3, 0.4) is 0 Å². The molecule has 1 aromatic heterocycles. The molecule has 19 heavy (non-hydrogen) atoms. The molecule has 2 aromatic carbocycles. The van der Waals surface area contributed by atoms with Gasteiger partial charge in [-0.1, -0.05) is 11.6 Å². The molecule has 0 radical (unpaired) electrons. The zero-order chi connectivity index (χ0) is 13.4. The number of oxazole rings is 1. The number of fused-ring (bicyclic) bond motifs is 1. The van der Waals surface area contributed by atoms with Gasteiger partial charge in [0.25, 0.3) is 6.01 Å². The molecule has 3 rings (SSSR count). The predicted molar refractivity (Wildman–Crippen MR) is 80.9 cm³/mol. The lowest BCUT2D eigenvalue weighted by Crippen LogP contribution is -1.89. The van der Waals surface area contributed by atoms with Crippen LogP contribution < -0.4 is 11.1 Å². The number of nitrogens with zero attached hydrogens (tertiary/aromatic N) is 1. The van der Waals surface area contributed by atoms with E-state index in [0.717, 1.165) is 15.7 Å². The minimum Gasteiger partial charge on any atom is -0.423 e. The standard InChI is InChI=1S/C13H9BrClN3O/c14-9-6-8(2-3-10(9)15)17-13-18-11-5-7(16)1-4-12(11)19-13/h1-6H,16H2,(H,17,18). The quantitative estimate of drug-likeness (QED) is 0.672. The molecule has 0 saturated carbocycles. The number of nitrogens with two attached hydrogens (primary N) is 1. The van der Waals surface area contributed by atoms with Gasteiger partial charge in [0.15, 0.2) is 5.58 Å². The maximum absolute atomic E-state index is 5.94. The molecule has 96 valence electrons. The smallest absolute Gasteiger partial charge is 0.300 e. The van der Waals surface area contributed by atoms with Crippen molar-refractivity contribution in [2.45, 2.75) is 0 Å². The van der Waals surface area contributed by atoms with Gasteiger partial charge < -0.3 is 15.5 Å². The van der Waals surface area contributed by atoms with Crippen LogP contribution in [0.5, 0.6) is 0 Å². The molecule has 0 aliphatic heterocycles. The molecular formula is C13H9BrClN3O. The zero-order valence-electron chi connectivity index (χ0n) is 9.65. The molecule has 1 heterocycles.